The number of hydrogen-bond acceptors (Lipinski definition) is 4. The summed E-state index contributed by atoms with van der Waals surface area (Å²) >= 11 is 0. The highest BCUT2D eigenvalue weighted by Crippen LogP contribution is 2.09. The van der Waals surface area contributed by atoms with Crippen LogP contribution in [0.5, 0.6) is 0 Å². The van der Waals surface area contributed by atoms with Crippen LogP contribution in [0, 0.1) is 6.92 Å². The van der Waals surface area contributed by atoms with E-state index in [-0.39, 0.29) is 0 Å². The maximum atomic E-state index is 5.02. The number of aryl methyl sites for hydroxylation is 2. The van der Waals surface area contributed by atoms with E-state index in [9.17, 15) is 0 Å². The van der Waals surface area contributed by atoms with Gasteiger partial charge in [-0.2, -0.15) is 0 Å². The number of nitrogens with one attached hydrogen (secondary N) is 1. The van der Waals surface area contributed by atoms with Gasteiger partial charge in [0.2, 0.25) is 5.95 Å². The van der Waals surface area contributed by atoms with Crippen molar-refractivity contribution in [3.63, 3.8) is 0 Å². The Morgan fingerprint density at radius 2 is 2.24 bits per heavy atom. The van der Waals surface area contributed by atoms with Crippen LogP contribution in [0.25, 0.3) is 0 Å². The number of ether oxygens (including phenoxy) is 1. The van der Waals surface area contributed by atoms with Crippen molar-refractivity contribution in [2.75, 3.05) is 46.2 Å². The molecule has 0 aliphatic heterocycles. The van der Waals surface area contributed by atoms with Gasteiger partial charge in [-0.1, -0.05) is 0 Å². The minimum Gasteiger partial charge on any atom is -0.383 e. The molecule has 98 valence electrons. The molecule has 1 aromatic rings. The second kappa shape index (κ2) is 7.29. The molecule has 0 fully saturated rings. The van der Waals surface area contributed by atoms with E-state index in [2.05, 4.69) is 40.1 Å². The molecule has 5 heteroatoms. The zero-order valence-electron chi connectivity index (χ0n) is 11.4. The van der Waals surface area contributed by atoms with E-state index < -0.39 is 0 Å². The summed E-state index contributed by atoms with van der Waals surface area (Å²) in [6, 6.07) is 0. The summed E-state index contributed by atoms with van der Waals surface area (Å²) in [7, 11) is 5.89. The highest BCUT2D eigenvalue weighted by Gasteiger charge is 2.04. The van der Waals surface area contributed by atoms with Gasteiger partial charge in [0.15, 0.2) is 0 Å². The van der Waals surface area contributed by atoms with Crippen molar-refractivity contribution in [2.24, 2.45) is 0 Å². The third-order valence-corrected chi connectivity index (χ3v) is 2.49. The molecule has 0 unspecified atom stereocenters. The van der Waals surface area contributed by atoms with Gasteiger partial charge in [-0.05, 0) is 34.0 Å². The average Bonchev–Trinajstić information content (AvgIpc) is 2.59. The quantitative estimate of drug-likeness (QED) is 0.693. The fraction of sp³-hybridized carbons (Fsp3) is 0.750. The Balaban J connectivity index is 2.45. The molecule has 0 spiro atoms. The Morgan fingerprint density at radius 1 is 1.47 bits per heavy atom. The number of aromatic nitrogens is 2. The minimum atomic E-state index is 0.698. The van der Waals surface area contributed by atoms with Gasteiger partial charge in [-0.15, -0.1) is 0 Å². The molecule has 0 aromatic carbocycles. The van der Waals surface area contributed by atoms with E-state index in [4.69, 9.17) is 4.74 Å². The second-order valence-electron chi connectivity index (χ2n) is 4.48. The maximum absolute atomic E-state index is 5.02. The molecule has 0 saturated heterocycles. The minimum absolute atomic E-state index is 0.698. The predicted octanol–water partition coefficient (Wildman–Crippen LogP) is 1.20. The molecule has 1 rings (SSSR count). The number of imidazole rings is 1. The molecule has 0 saturated carbocycles. The third-order valence-electron chi connectivity index (χ3n) is 2.49. The van der Waals surface area contributed by atoms with Gasteiger partial charge >= 0.3 is 0 Å². The van der Waals surface area contributed by atoms with Crippen LogP contribution in [0.3, 0.4) is 0 Å². The predicted molar refractivity (Wildman–Crippen MR) is 70.5 cm³/mol. The van der Waals surface area contributed by atoms with Crippen molar-refractivity contribution < 1.29 is 4.74 Å². The SMILES string of the molecule is COCCNc1nc(C)cn1CCCN(C)C. The normalized spacial score (nSPS) is 11.1. The average molecular weight is 240 g/mol. The van der Waals surface area contributed by atoms with Crippen LogP contribution in [0.4, 0.5) is 5.95 Å². The summed E-state index contributed by atoms with van der Waals surface area (Å²) in [5, 5.41) is 3.29. The monoisotopic (exact) mass is 240 g/mol. The highest BCUT2D eigenvalue weighted by molar-refractivity contribution is 5.28. The summed E-state index contributed by atoms with van der Waals surface area (Å²) in [5.41, 5.74) is 1.05. The molecule has 17 heavy (non-hydrogen) atoms. The molecular weight excluding hydrogens is 216 g/mol. The first-order chi connectivity index (χ1) is 8.13. The number of nitrogens with zero attached hydrogens (tertiary/aromatic N) is 3. The van der Waals surface area contributed by atoms with Crippen LogP contribution in [0.1, 0.15) is 12.1 Å². The fourth-order valence-corrected chi connectivity index (χ4v) is 1.68. The smallest absolute Gasteiger partial charge is 0.203 e. The lowest BCUT2D eigenvalue weighted by Crippen LogP contribution is -2.16. The number of hydrogen-bond donors (Lipinski definition) is 1. The van der Waals surface area contributed by atoms with Gasteiger partial charge < -0.3 is 19.5 Å². The van der Waals surface area contributed by atoms with Crippen molar-refractivity contribution in [1.29, 1.82) is 0 Å². The lowest BCUT2D eigenvalue weighted by molar-refractivity contribution is 0.210. The van der Waals surface area contributed by atoms with E-state index >= 15 is 0 Å². The van der Waals surface area contributed by atoms with Crippen LogP contribution in [0.15, 0.2) is 6.20 Å². The lowest BCUT2D eigenvalue weighted by Gasteiger charge is -2.12. The number of anilines is 1. The summed E-state index contributed by atoms with van der Waals surface area (Å²) < 4.78 is 7.19. The van der Waals surface area contributed by atoms with Gasteiger partial charge in [0.05, 0.1) is 12.3 Å². The van der Waals surface area contributed by atoms with Crippen molar-refractivity contribution >= 4 is 5.95 Å². The first kappa shape index (κ1) is 14.0. The zero-order chi connectivity index (χ0) is 12.7. The standard InChI is InChI=1S/C12H24N4O/c1-11-10-16(8-5-7-15(2)3)12(14-11)13-6-9-17-4/h10H,5-9H2,1-4H3,(H,13,14). The molecule has 0 bridgehead atoms. The largest absolute Gasteiger partial charge is 0.383 e. The van der Waals surface area contributed by atoms with Crippen LogP contribution >= 0.6 is 0 Å². The Hall–Kier alpha value is -1.07. The number of rotatable bonds is 8. The van der Waals surface area contributed by atoms with E-state index in [1.807, 2.05) is 6.92 Å². The van der Waals surface area contributed by atoms with Gasteiger partial charge in [0, 0.05) is 26.4 Å². The lowest BCUT2D eigenvalue weighted by atomic mass is 10.4. The van der Waals surface area contributed by atoms with Gasteiger partial charge in [-0.3, -0.25) is 0 Å². The molecule has 0 amide bonds. The molecule has 5 nitrogen and oxygen atoms in total. The molecule has 1 N–H and O–H groups in total. The summed E-state index contributed by atoms with van der Waals surface area (Å²) in [5.74, 6) is 0.943. The Kier molecular flexibility index (Phi) is 6.00. The fourth-order valence-electron chi connectivity index (χ4n) is 1.68. The van der Waals surface area contributed by atoms with Gasteiger partial charge in [0.25, 0.3) is 0 Å². The van der Waals surface area contributed by atoms with Crippen molar-refractivity contribution in [3.05, 3.63) is 11.9 Å². The molecule has 0 aliphatic rings. The van der Waals surface area contributed by atoms with Crippen LogP contribution in [-0.2, 0) is 11.3 Å². The van der Waals surface area contributed by atoms with Gasteiger partial charge in [-0.25, -0.2) is 4.98 Å². The molecule has 1 heterocycles. The van der Waals surface area contributed by atoms with E-state index in [0.717, 1.165) is 37.7 Å². The Bertz CT molecular complexity index is 322. The Labute approximate surface area is 104 Å². The molecule has 0 radical (unpaired) electrons. The summed E-state index contributed by atoms with van der Waals surface area (Å²) in [6.07, 6.45) is 3.21. The molecular formula is C12H24N4O. The van der Waals surface area contributed by atoms with Crippen LogP contribution in [0.2, 0.25) is 0 Å². The molecule has 0 atom stereocenters. The first-order valence-electron chi connectivity index (χ1n) is 6.05. The third kappa shape index (κ3) is 5.19. The highest BCUT2D eigenvalue weighted by atomic mass is 16.5. The van der Waals surface area contributed by atoms with Crippen molar-refractivity contribution in [1.82, 2.24) is 14.5 Å². The zero-order valence-corrected chi connectivity index (χ0v) is 11.4. The van der Waals surface area contributed by atoms with E-state index in [1.54, 1.807) is 7.11 Å². The van der Waals surface area contributed by atoms with Crippen molar-refractivity contribution in [3.8, 4) is 0 Å². The number of methoxy groups -OCH3 is 1. The second-order valence-corrected chi connectivity index (χ2v) is 4.48. The van der Waals surface area contributed by atoms with Crippen molar-refractivity contribution in [2.45, 2.75) is 19.9 Å². The Morgan fingerprint density at radius 3 is 2.88 bits per heavy atom. The van der Waals surface area contributed by atoms with E-state index in [1.165, 1.54) is 0 Å². The summed E-state index contributed by atoms with van der Waals surface area (Å²) in [6.45, 7) is 5.59. The summed E-state index contributed by atoms with van der Waals surface area (Å²) in [4.78, 5) is 6.66. The van der Waals surface area contributed by atoms with Gasteiger partial charge in [0.1, 0.15) is 0 Å². The van der Waals surface area contributed by atoms with Crippen LogP contribution in [-0.4, -0.2) is 55.4 Å². The first-order valence-corrected chi connectivity index (χ1v) is 6.05. The topological polar surface area (TPSA) is 42.3 Å². The van der Waals surface area contributed by atoms with Crippen LogP contribution < -0.4 is 5.32 Å². The van der Waals surface area contributed by atoms with E-state index in [0.29, 0.717) is 6.61 Å². The molecule has 0 aliphatic carbocycles. The molecule has 1 aromatic heterocycles. The maximum Gasteiger partial charge on any atom is 0.203 e.